The van der Waals surface area contributed by atoms with Crippen LogP contribution in [0.5, 0.6) is 5.88 Å². The molecule has 0 aromatic carbocycles. The summed E-state index contributed by atoms with van der Waals surface area (Å²) in [6, 6.07) is 5.85. The molecule has 0 N–H and O–H groups in total. The lowest BCUT2D eigenvalue weighted by Crippen LogP contribution is -1.99. The van der Waals surface area contributed by atoms with Crippen molar-refractivity contribution in [3.05, 3.63) is 23.4 Å². The summed E-state index contributed by atoms with van der Waals surface area (Å²) >= 11 is 0. The highest BCUT2D eigenvalue weighted by Gasteiger charge is 2.04. The van der Waals surface area contributed by atoms with Crippen LogP contribution in [0.2, 0.25) is 0 Å². The molecule has 0 radical (unpaired) electrons. The zero-order valence-corrected chi connectivity index (χ0v) is 8.58. The van der Waals surface area contributed by atoms with Crippen molar-refractivity contribution in [2.75, 3.05) is 7.11 Å². The third kappa shape index (κ3) is 2.46. The monoisotopic (exact) mass is 190 g/mol. The lowest BCUT2D eigenvalue weighted by molar-refractivity contribution is 0.396. The van der Waals surface area contributed by atoms with Crippen LogP contribution in [0, 0.1) is 11.3 Å². The Balaban J connectivity index is 2.98. The van der Waals surface area contributed by atoms with Gasteiger partial charge in [-0.05, 0) is 12.0 Å². The van der Waals surface area contributed by atoms with Crippen molar-refractivity contribution in [3.63, 3.8) is 0 Å². The minimum Gasteiger partial charge on any atom is -0.481 e. The summed E-state index contributed by atoms with van der Waals surface area (Å²) in [4.78, 5) is 4.33. The van der Waals surface area contributed by atoms with Gasteiger partial charge in [-0.2, -0.15) is 5.26 Å². The molecule has 0 spiro atoms. The molecule has 0 aliphatic carbocycles. The number of ether oxygens (including phenoxy) is 1. The molecule has 0 saturated carbocycles. The predicted molar refractivity (Wildman–Crippen MR) is 54.1 cm³/mol. The second-order valence-electron chi connectivity index (χ2n) is 3.04. The van der Waals surface area contributed by atoms with Crippen molar-refractivity contribution in [2.24, 2.45) is 0 Å². The Hall–Kier alpha value is -1.56. The molecule has 1 aromatic heterocycles. The molecule has 1 aromatic rings. The molecular formula is C11H14N2O. The first kappa shape index (κ1) is 10.5. The van der Waals surface area contributed by atoms with Gasteiger partial charge in [0.2, 0.25) is 5.88 Å². The number of nitriles is 1. The maximum atomic E-state index is 8.63. The molecule has 14 heavy (non-hydrogen) atoms. The fourth-order valence-electron chi connectivity index (χ4n) is 1.32. The molecule has 74 valence electrons. The minimum atomic E-state index is 0.423. The van der Waals surface area contributed by atoms with Crippen molar-refractivity contribution in [3.8, 4) is 11.9 Å². The molecule has 3 heteroatoms. The van der Waals surface area contributed by atoms with Crippen LogP contribution in [0.3, 0.4) is 0 Å². The number of hydrogen-bond acceptors (Lipinski definition) is 3. The van der Waals surface area contributed by atoms with Crippen LogP contribution in [-0.4, -0.2) is 12.1 Å². The zero-order valence-electron chi connectivity index (χ0n) is 8.58. The van der Waals surface area contributed by atoms with Gasteiger partial charge in [0.25, 0.3) is 0 Å². The first-order valence-electron chi connectivity index (χ1n) is 4.71. The van der Waals surface area contributed by atoms with Gasteiger partial charge >= 0.3 is 0 Å². The normalized spacial score (nSPS) is 9.50. The van der Waals surface area contributed by atoms with E-state index in [9.17, 15) is 0 Å². The highest BCUT2D eigenvalue weighted by molar-refractivity contribution is 5.28. The molecule has 0 atom stereocenters. The lowest BCUT2D eigenvalue weighted by Gasteiger charge is -2.06. The second kappa shape index (κ2) is 5.23. The number of aryl methyl sites for hydroxylation is 1. The van der Waals surface area contributed by atoms with E-state index in [2.05, 4.69) is 18.0 Å². The second-order valence-corrected chi connectivity index (χ2v) is 3.04. The molecule has 1 heterocycles. The average molecular weight is 190 g/mol. The van der Waals surface area contributed by atoms with Crippen LogP contribution < -0.4 is 4.74 Å². The third-order valence-corrected chi connectivity index (χ3v) is 2.01. The highest BCUT2D eigenvalue weighted by Crippen LogP contribution is 2.14. The summed E-state index contributed by atoms with van der Waals surface area (Å²) in [6.45, 7) is 2.09. The predicted octanol–water partition coefficient (Wildman–Crippen LogP) is 2.11. The largest absolute Gasteiger partial charge is 0.481 e. The fourth-order valence-corrected chi connectivity index (χ4v) is 1.32. The molecule has 0 unspecified atom stereocenters. The maximum Gasteiger partial charge on any atom is 0.213 e. The number of pyridine rings is 1. The van der Waals surface area contributed by atoms with E-state index >= 15 is 0 Å². The van der Waals surface area contributed by atoms with Crippen LogP contribution in [0.15, 0.2) is 12.1 Å². The Morgan fingerprint density at radius 1 is 1.50 bits per heavy atom. The number of aromatic nitrogens is 1. The summed E-state index contributed by atoms with van der Waals surface area (Å²) in [5, 5.41) is 8.63. The average Bonchev–Trinajstić information content (AvgIpc) is 2.21. The zero-order chi connectivity index (χ0) is 10.4. The number of rotatable bonds is 4. The SMILES string of the molecule is CCCc1nc(OC)ccc1CC#N. The quantitative estimate of drug-likeness (QED) is 0.730. The molecule has 0 amide bonds. The van der Waals surface area contributed by atoms with Crippen molar-refractivity contribution < 1.29 is 4.74 Å². The van der Waals surface area contributed by atoms with Crippen LogP contribution in [0.1, 0.15) is 24.6 Å². The molecule has 0 aliphatic heterocycles. The lowest BCUT2D eigenvalue weighted by atomic mass is 10.1. The Morgan fingerprint density at radius 3 is 2.86 bits per heavy atom. The molecular weight excluding hydrogens is 176 g/mol. The van der Waals surface area contributed by atoms with E-state index in [1.165, 1.54) is 0 Å². The van der Waals surface area contributed by atoms with E-state index in [0.29, 0.717) is 12.3 Å². The van der Waals surface area contributed by atoms with Crippen molar-refractivity contribution in [1.29, 1.82) is 5.26 Å². The minimum absolute atomic E-state index is 0.423. The van der Waals surface area contributed by atoms with Crippen LogP contribution in [0.25, 0.3) is 0 Å². The molecule has 3 nitrogen and oxygen atoms in total. The van der Waals surface area contributed by atoms with Crippen LogP contribution in [0.4, 0.5) is 0 Å². The van der Waals surface area contributed by atoms with Gasteiger partial charge in [-0.1, -0.05) is 19.4 Å². The van der Waals surface area contributed by atoms with E-state index in [-0.39, 0.29) is 0 Å². The van der Waals surface area contributed by atoms with Crippen molar-refractivity contribution >= 4 is 0 Å². The van der Waals surface area contributed by atoms with Gasteiger partial charge in [0.05, 0.1) is 19.6 Å². The van der Waals surface area contributed by atoms with E-state index in [0.717, 1.165) is 24.1 Å². The Bertz CT molecular complexity index is 342. The molecule has 1 rings (SSSR count). The molecule has 0 saturated heterocycles. The summed E-state index contributed by atoms with van der Waals surface area (Å²) in [7, 11) is 1.60. The first-order chi connectivity index (χ1) is 6.81. The van der Waals surface area contributed by atoms with Crippen LogP contribution >= 0.6 is 0 Å². The highest BCUT2D eigenvalue weighted by atomic mass is 16.5. The number of nitrogens with zero attached hydrogens (tertiary/aromatic N) is 2. The Labute approximate surface area is 84.3 Å². The third-order valence-electron chi connectivity index (χ3n) is 2.01. The maximum absolute atomic E-state index is 8.63. The number of methoxy groups -OCH3 is 1. The smallest absolute Gasteiger partial charge is 0.213 e. The summed E-state index contributed by atoms with van der Waals surface area (Å²) < 4.78 is 5.04. The van der Waals surface area contributed by atoms with Gasteiger partial charge in [0.15, 0.2) is 0 Å². The van der Waals surface area contributed by atoms with Gasteiger partial charge in [-0.25, -0.2) is 4.98 Å². The Kier molecular flexibility index (Phi) is 3.93. The molecule has 0 bridgehead atoms. The molecule has 0 fully saturated rings. The van der Waals surface area contributed by atoms with Gasteiger partial charge in [0.1, 0.15) is 0 Å². The van der Waals surface area contributed by atoms with Crippen LogP contribution in [-0.2, 0) is 12.8 Å². The number of hydrogen-bond donors (Lipinski definition) is 0. The van der Waals surface area contributed by atoms with Crippen molar-refractivity contribution in [2.45, 2.75) is 26.2 Å². The summed E-state index contributed by atoms with van der Waals surface area (Å²) in [5.41, 5.74) is 1.99. The van der Waals surface area contributed by atoms with E-state index in [1.54, 1.807) is 13.2 Å². The topological polar surface area (TPSA) is 45.9 Å². The van der Waals surface area contributed by atoms with Crippen molar-refractivity contribution in [1.82, 2.24) is 4.98 Å². The summed E-state index contributed by atoms with van der Waals surface area (Å²) in [6.07, 6.45) is 2.35. The Morgan fingerprint density at radius 2 is 2.29 bits per heavy atom. The van der Waals surface area contributed by atoms with Gasteiger partial charge in [0, 0.05) is 11.8 Å². The van der Waals surface area contributed by atoms with Gasteiger partial charge < -0.3 is 4.74 Å². The summed E-state index contributed by atoms with van der Waals surface area (Å²) in [5.74, 6) is 0.620. The van der Waals surface area contributed by atoms with Gasteiger partial charge in [-0.3, -0.25) is 0 Å². The van der Waals surface area contributed by atoms with E-state index < -0.39 is 0 Å². The van der Waals surface area contributed by atoms with E-state index in [1.807, 2.05) is 6.07 Å². The van der Waals surface area contributed by atoms with Gasteiger partial charge in [-0.15, -0.1) is 0 Å². The first-order valence-corrected chi connectivity index (χ1v) is 4.71. The molecule has 0 aliphatic rings. The van der Waals surface area contributed by atoms with E-state index in [4.69, 9.17) is 10.00 Å². The standard InChI is InChI=1S/C11H14N2O/c1-3-4-10-9(7-8-12)5-6-11(13-10)14-2/h5-6H,3-4,7H2,1-2H3. The fraction of sp³-hybridized carbons (Fsp3) is 0.455.